The number of carbonyl (C=O) groups is 1. The number of carbonyl (C=O) groups excluding carboxylic acids is 1. The van der Waals surface area contributed by atoms with Crippen molar-refractivity contribution in [1.29, 1.82) is 0 Å². The van der Waals surface area contributed by atoms with Crippen LogP contribution in [0, 0.1) is 5.82 Å². The lowest BCUT2D eigenvalue weighted by atomic mass is 10.3. The summed E-state index contributed by atoms with van der Waals surface area (Å²) in [6.07, 6.45) is 0.128. The van der Waals surface area contributed by atoms with Gasteiger partial charge in [-0.05, 0) is 31.5 Å². The number of halogens is 3. The summed E-state index contributed by atoms with van der Waals surface area (Å²) in [5.41, 5.74) is 5.76. The molecule has 1 fully saturated rings. The van der Waals surface area contributed by atoms with Gasteiger partial charge in [0.15, 0.2) is 6.10 Å². The minimum atomic E-state index is -0.673. The Morgan fingerprint density at radius 1 is 1.60 bits per heavy atom. The van der Waals surface area contributed by atoms with Crippen molar-refractivity contribution in [2.75, 3.05) is 13.1 Å². The highest BCUT2D eigenvalue weighted by Gasteiger charge is 2.28. The first-order valence-corrected chi connectivity index (χ1v) is 6.51. The fraction of sp³-hybridized carbons (Fsp3) is 0.462. The van der Waals surface area contributed by atoms with Crippen LogP contribution in [0.25, 0.3) is 0 Å². The molecule has 1 aromatic rings. The van der Waals surface area contributed by atoms with Gasteiger partial charge >= 0.3 is 0 Å². The predicted molar refractivity (Wildman–Crippen MR) is 77.9 cm³/mol. The third-order valence-corrected chi connectivity index (χ3v) is 3.38. The number of ether oxygens (including phenoxy) is 1. The predicted octanol–water partition coefficient (Wildman–Crippen LogP) is 2.23. The van der Waals surface area contributed by atoms with Crippen molar-refractivity contribution in [3.63, 3.8) is 0 Å². The summed E-state index contributed by atoms with van der Waals surface area (Å²) in [5, 5.41) is 0.151. The molecular formula is C13H17Cl2FN2O2. The molecule has 1 aliphatic heterocycles. The maximum Gasteiger partial charge on any atom is 0.263 e. The monoisotopic (exact) mass is 322 g/mol. The number of rotatable bonds is 3. The molecule has 0 saturated carbocycles. The van der Waals surface area contributed by atoms with Crippen molar-refractivity contribution in [1.82, 2.24) is 4.90 Å². The first kappa shape index (κ1) is 17.0. The summed E-state index contributed by atoms with van der Waals surface area (Å²) in [6.45, 7) is 2.83. The molecule has 1 aromatic carbocycles. The van der Waals surface area contributed by atoms with Crippen molar-refractivity contribution in [2.24, 2.45) is 5.73 Å². The van der Waals surface area contributed by atoms with E-state index in [1.54, 1.807) is 11.8 Å². The lowest BCUT2D eigenvalue weighted by Crippen LogP contribution is -2.40. The van der Waals surface area contributed by atoms with Gasteiger partial charge in [-0.3, -0.25) is 4.79 Å². The van der Waals surface area contributed by atoms with E-state index in [1.807, 2.05) is 0 Å². The van der Waals surface area contributed by atoms with E-state index in [0.29, 0.717) is 18.8 Å². The second-order valence-electron chi connectivity index (χ2n) is 4.67. The van der Waals surface area contributed by atoms with E-state index in [1.165, 1.54) is 12.1 Å². The van der Waals surface area contributed by atoms with Crippen LogP contribution in [0.4, 0.5) is 4.39 Å². The number of benzene rings is 1. The third-order valence-electron chi connectivity index (χ3n) is 3.08. The van der Waals surface area contributed by atoms with Crippen LogP contribution in [0.3, 0.4) is 0 Å². The molecule has 0 aliphatic carbocycles. The second kappa shape index (κ2) is 7.11. The quantitative estimate of drug-likeness (QED) is 0.928. The van der Waals surface area contributed by atoms with E-state index in [2.05, 4.69) is 0 Å². The Balaban J connectivity index is 0.00000200. The molecule has 1 amide bonds. The first-order valence-electron chi connectivity index (χ1n) is 6.13. The summed E-state index contributed by atoms with van der Waals surface area (Å²) < 4.78 is 18.4. The molecule has 7 heteroatoms. The van der Waals surface area contributed by atoms with Crippen LogP contribution in [0.5, 0.6) is 5.75 Å². The van der Waals surface area contributed by atoms with Crippen LogP contribution in [0.1, 0.15) is 13.3 Å². The van der Waals surface area contributed by atoms with Gasteiger partial charge < -0.3 is 15.4 Å². The zero-order valence-corrected chi connectivity index (χ0v) is 12.6. The molecule has 112 valence electrons. The largest absolute Gasteiger partial charge is 0.479 e. The van der Waals surface area contributed by atoms with Gasteiger partial charge in [0.25, 0.3) is 5.91 Å². The van der Waals surface area contributed by atoms with Crippen LogP contribution in [-0.2, 0) is 4.79 Å². The topological polar surface area (TPSA) is 55.6 Å². The summed E-state index contributed by atoms with van der Waals surface area (Å²) in [5.74, 6) is -0.275. The highest BCUT2D eigenvalue weighted by molar-refractivity contribution is 6.32. The van der Waals surface area contributed by atoms with Crippen molar-refractivity contribution in [2.45, 2.75) is 25.5 Å². The molecule has 4 nitrogen and oxygen atoms in total. The molecule has 20 heavy (non-hydrogen) atoms. The van der Waals surface area contributed by atoms with Crippen molar-refractivity contribution in [3.05, 3.63) is 29.0 Å². The zero-order chi connectivity index (χ0) is 14.0. The maximum atomic E-state index is 12.9. The number of nitrogens with two attached hydrogens (primary N) is 1. The van der Waals surface area contributed by atoms with Crippen LogP contribution < -0.4 is 10.5 Å². The van der Waals surface area contributed by atoms with Gasteiger partial charge in [0.1, 0.15) is 11.6 Å². The van der Waals surface area contributed by atoms with E-state index in [9.17, 15) is 9.18 Å². The van der Waals surface area contributed by atoms with Gasteiger partial charge in [-0.2, -0.15) is 0 Å². The molecule has 0 aromatic heterocycles. The minimum Gasteiger partial charge on any atom is -0.479 e. The molecule has 2 atom stereocenters. The smallest absolute Gasteiger partial charge is 0.263 e. The van der Waals surface area contributed by atoms with E-state index < -0.39 is 11.9 Å². The van der Waals surface area contributed by atoms with Crippen molar-refractivity contribution in [3.8, 4) is 5.75 Å². The summed E-state index contributed by atoms with van der Waals surface area (Å²) >= 11 is 5.85. The molecule has 1 unspecified atom stereocenters. The Labute approximate surface area is 128 Å². The molecule has 1 aliphatic rings. The average molecular weight is 323 g/mol. The van der Waals surface area contributed by atoms with E-state index in [-0.39, 0.29) is 29.4 Å². The van der Waals surface area contributed by atoms with Crippen LogP contribution in [0.15, 0.2) is 18.2 Å². The Bertz CT molecular complexity index is 487. The number of likely N-dealkylation sites (tertiary alicyclic amines) is 1. The molecule has 1 saturated heterocycles. The fourth-order valence-corrected chi connectivity index (χ4v) is 2.27. The highest BCUT2D eigenvalue weighted by atomic mass is 35.5. The Hall–Kier alpha value is -1.04. The SMILES string of the molecule is CC(Oc1ccc(F)cc1Cl)C(=O)N1CC[C@@H](N)C1.Cl. The van der Waals surface area contributed by atoms with E-state index >= 15 is 0 Å². The van der Waals surface area contributed by atoms with Crippen molar-refractivity contribution >= 4 is 29.9 Å². The molecule has 0 bridgehead atoms. The van der Waals surface area contributed by atoms with Crippen LogP contribution in [0.2, 0.25) is 5.02 Å². The Morgan fingerprint density at radius 3 is 2.85 bits per heavy atom. The van der Waals surface area contributed by atoms with Gasteiger partial charge in [0.2, 0.25) is 0 Å². The number of nitrogens with zero attached hydrogens (tertiary/aromatic N) is 1. The van der Waals surface area contributed by atoms with Gasteiger partial charge in [-0.1, -0.05) is 11.6 Å². The third kappa shape index (κ3) is 3.98. The van der Waals surface area contributed by atoms with Gasteiger partial charge in [0, 0.05) is 19.1 Å². The molecular weight excluding hydrogens is 306 g/mol. The molecule has 0 radical (unpaired) electrons. The Morgan fingerprint density at radius 2 is 2.30 bits per heavy atom. The fourth-order valence-electron chi connectivity index (χ4n) is 2.06. The highest BCUT2D eigenvalue weighted by Crippen LogP contribution is 2.26. The number of amides is 1. The molecule has 2 N–H and O–H groups in total. The van der Waals surface area contributed by atoms with E-state index in [0.717, 1.165) is 12.5 Å². The molecule has 2 rings (SSSR count). The van der Waals surface area contributed by atoms with Crippen LogP contribution in [-0.4, -0.2) is 36.0 Å². The molecule has 1 heterocycles. The van der Waals surface area contributed by atoms with Gasteiger partial charge in [-0.15, -0.1) is 12.4 Å². The van der Waals surface area contributed by atoms with E-state index in [4.69, 9.17) is 22.1 Å². The van der Waals surface area contributed by atoms with Gasteiger partial charge in [0.05, 0.1) is 5.02 Å². The summed E-state index contributed by atoms with van der Waals surface area (Å²) in [7, 11) is 0. The maximum absolute atomic E-state index is 12.9. The number of hydrogen-bond acceptors (Lipinski definition) is 3. The average Bonchev–Trinajstić information content (AvgIpc) is 2.78. The number of hydrogen-bond donors (Lipinski definition) is 1. The summed E-state index contributed by atoms with van der Waals surface area (Å²) in [6, 6.07) is 3.84. The molecule has 0 spiro atoms. The van der Waals surface area contributed by atoms with Crippen LogP contribution >= 0.6 is 24.0 Å². The normalized spacial score (nSPS) is 19.4. The Kier molecular flexibility index (Phi) is 6.05. The standard InChI is InChI=1S/C13H16ClFN2O2.ClH/c1-8(13(18)17-5-4-10(16)7-17)19-12-3-2-9(15)6-11(12)14;/h2-3,6,8,10H,4-5,7,16H2,1H3;1H/t8?,10-;/m1./s1. The minimum absolute atomic E-state index is 0. The second-order valence-corrected chi connectivity index (χ2v) is 5.08. The lowest BCUT2D eigenvalue weighted by Gasteiger charge is -2.21. The summed E-state index contributed by atoms with van der Waals surface area (Å²) in [4.78, 5) is 13.8. The lowest BCUT2D eigenvalue weighted by molar-refractivity contribution is -0.136. The van der Waals surface area contributed by atoms with Crippen molar-refractivity contribution < 1.29 is 13.9 Å². The zero-order valence-electron chi connectivity index (χ0n) is 11.0. The van der Waals surface area contributed by atoms with Gasteiger partial charge in [-0.25, -0.2) is 4.39 Å². The first-order chi connectivity index (χ1) is 8.97.